The minimum atomic E-state index is 1.64. The molecule has 0 N–H and O–H groups in total. The molecule has 0 unspecified atom stereocenters. The Morgan fingerprint density at radius 2 is 0.500 bits per heavy atom. The van der Waals surface area contributed by atoms with Gasteiger partial charge in [-0.1, -0.05) is 92.2 Å². The fourth-order valence-corrected chi connectivity index (χ4v) is 0. The number of hydrogen-bond donors (Lipinski definition) is 0. The van der Waals surface area contributed by atoms with E-state index in [9.17, 15) is 0 Å². The maximum atomic E-state index is 3.36. The second-order valence-corrected chi connectivity index (χ2v) is 0.943. The zero-order valence-corrected chi connectivity index (χ0v) is 11.1. The smallest absolute Gasteiger partial charge is 0.0683 e. The minimum Gasteiger partial charge on any atom is -0.0991 e. The molecule has 0 heteroatoms. The normalized spacial score (nSPS) is 4.14. The molecule has 0 aliphatic heterocycles. The van der Waals surface area contributed by atoms with Crippen LogP contribution in [0.5, 0.6) is 0 Å². The number of hydrogen-bond acceptors (Lipinski definition) is 0. The lowest BCUT2D eigenvalue weighted by Gasteiger charge is -1.44. The molecular formula is C14H30. The summed E-state index contributed by atoms with van der Waals surface area (Å²) < 4.78 is 0. The van der Waals surface area contributed by atoms with Gasteiger partial charge >= 0.3 is 0 Å². The van der Waals surface area contributed by atoms with Gasteiger partial charge in [0.05, 0.1) is 0 Å². The molecule has 0 aliphatic rings. The van der Waals surface area contributed by atoms with Crippen LogP contribution in [0.15, 0.2) is 50.6 Å². The van der Waals surface area contributed by atoms with Crippen molar-refractivity contribution >= 4 is 0 Å². The molecule has 0 rings (SSSR count). The predicted octanol–water partition coefficient (Wildman–Crippen LogP) is 5.80. The Balaban J connectivity index is -0.0000000255. The third kappa shape index (κ3) is 1180. The molecule has 0 nitrogen and oxygen atoms in total. The molecule has 14 heavy (non-hydrogen) atoms. The Morgan fingerprint density at radius 3 is 0.500 bits per heavy atom. The van der Waals surface area contributed by atoms with Crippen LogP contribution in [0, 0.1) is 0 Å². The van der Waals surface area contributed by atoms with Gasteiger partial charge < -0.3 is 0 Å². The van der Waals surface area contributed by atoms with Gasteiger partial charge in [-0.2, -0.15) is 0 Å². The molecule has 86 valence electrons. The molecule has 0 fully saturated rings. The molecule has 0 aromatic carbocycles. The van der Waals surface area contributed by atoms with Crippen LogP contribution in [-0.4, -0.2) is 0 Å². The van der Waals surface area contributed by atoms with E-state index < -0.39 is 0 Å². The van der Waals surface area contributed by atoms with Gasteiger partial charge in [0.25, 0.3) is 0 Å². The second kappa shape index (κ2) is 164. The Hall–Kier alpha value is -1.04. The summed E-state index contributed by atoms with van der Waals surface area (Å²) >= 11 is 0. The summed E-state index contributed by atoms with van der Waals surface area (Å²) in [5.41, 5.74) is 0. The van der Waals surface area contributed by atoms with Gasteiger partial charge in [0.1, 0.15) is 0 Å². The molecular weight excluding hydrogens is 168 g/mol. The van der Waals surface area contributed by atoms with Crippen molar-refractivity contribution in [2.24, 2.45) is 0 Å². The van der Waals surface area contributed by atoms with Crippen LogP contribution in [0.2, 0.25) is 0 Å². The van der Waals surface area contributed by atoms with E-state index in [0.29, 0.717) is 0 Å². The lowest BCUT2D eigenvalue weighted by atomic mass is 10.6. The highest BCUT2D eigenvalue weighted by Crippen LogP contribution is 1.53. The quantitative estimate of drug-likeness (QED) is 0.492. The van der Waals surface area contributed by atoms with Gasteiger partial charge in [0.2, 0.25) is 0 Å². The van der Waals surface area contributed by atoms with E-state index in [1.807, 2.05) is 41.5 Å². The van der Waals surface area contributed by atoms with Crippen LogP contribution >= 0.6 is 0 Å². The van der Waals surface area contributed by atoms with Crippen molar-refractivity contribution in [3.8, 4) is 0 Å². The second-order valence-electron chi connectivity index (χ2n) is 0.943. The Kier molecular flexibility index (Phi) is 343. The molecule has 0 spiro atoms. The fourth-order valence-electron chi connectivity index (χ4n) is 0. The summed E-state index contributed by atoms with van der Waals surface area (Å²) in [6.07, 6.45) is 6.56. The van der Waals surface area contributed by atoms with Crippen LogP contribution in [0.3, 0.4) is 0 Å². The molecule has 0 saturated heterocycles. The summed E-state index contributed by atoms with van der Waals surface area (Å²) in [6.45, 7) is 25.4. The van der Waals surface area contributed by atoms with Crippen molar-refractivity contribution in [1.29, 1.82) is 0 Å². The van der Waals surface area contributed by atoms with E-state index in [0.717, 1.165) is 0 Å². The Labute approximate surface area is 92.7 Å². The van der Waals surface area contributed by atoms with Gasteiger partial charge in [-0.25, -0.2) is 0 Å². The van der Waals surface area contributed by atoms with Crippen molar-refractivity contribution < 1.29 is 0 Å². The molecule has 0 aromatic rings. The first-order valence-electron chi connectivity index (χ1n) is 5.30. The van der Waals surface area contributed by atoms with Crippen molar-refractivity contribution in [3.63, 3.8) is 0 Å². The van der Waals surface area contributed by atoms with Crippen LogP contribution < -0.4 is 0 Å². The molecule has 0 radical (unpaired) electrons. The lowest BCUT2D eigenvalue weighted by molar-refractivity contribution is 1.50. The summed E-state index contributed by atoms with van der Waals surface area (Å²) in [5, 5.41) is 0. The maximum absolute atomic E-state index is 3.36. The standard InChI is InChI=1S/2C4H6.3C2H6/c2*1-3-4-2;3*1-2/h2*3-4H,1-2H2;3*1-2H3. The minimum absolute atomic E-state index is 1.64. The maximum Gasteiger partial charge on any atom is -0.0683 e. The number of allylic oxidation sites excluding steroid dienone is 4. The largest absolute Gasteiger partial charge is 0.0991 e. The zero-order chi connectivity index (χ0) is 12.8. The predicted molar refractivity (Wildman–Crippen MR) is 74.8 cm³/mol. The zero-order valence-electron chi connectivity index (χ0n) is 11.1. The van der Waals surface area contributed by atoms with Gasteiger partial charge in [-0.15, -0.1) is 0 Å². The third-order valence-corrected chi connectivity index (χ3v) is 0.333. The monoisotopic (exact) mass is 198 g/mol. The van der Waals surface area contributed by atoms with Crippen LogP contribution in [0.4, 0.5) is 0 Å². The van der Waals surface area contributed by atoms with E-state index in [1.165, 1.54) is 0 Å². The summed E-state index contributed by atoms with van der Waals surface area (Å²) in [4.78, 5) is 0. The molecule has 0 aliphatic carbocycles. The first-order chi connectivity index (χ1) is 6.83. The molecule has 0 aromatic heterocycles. The highest BCUT2D eigenvalue weighted by molar-refractivity contribution is 4.88. The average Bonchev–Trinajstić information content (AvgIpc) is 2.36. The summed E-state index contributed by atoms with van der Waals surface area (Å²) in [6, 6.07) is 0. The van der Waals surface area contributed by atoms with E-state index in [-0.39, 0.29) is 0 Å². The molecule has 0 heterocycles. The van der Waals surface area contributed by atoms with E-state index >= 15 is 0 Å². The lowest BCUT2D eigenvalue weighted by Crippen LogP contribution is -1.21. The van der Waals surface area contributed by atoms with Crippen LogP contribution in [0.1, 0.15) is 41.5 Å². The average molecular weight is 198 g/mol. The van der Waals surface area contributed by atoms with E-state index in [4.69, 9.17) is 0 Å². The first-order valence-corrected chi connectivity index (χ1v) is 5.30. The molecule has 0 saturated carbocycles. The molecule has 0 bridgehead atoms. The SMILES string of the molecule is C=CC=C.C=CC=C.CC.CC.CC. The van der Waals surface area contributed by atoms with Crippen molar-refractivity contribution in [1.82, 2.24) is 0 Å². The highest BCUT2D eigenvalue weighted by atomic mass is 13.4. The topological polar surface area (TPSA) is 0 Å². The van der Waals surface area contributed by atoms with Gasteiger partial charge in [-0.05, 0) is 0 Å². The van der Waals surface area contributed by atoms with Crippen molar-refractivity contribution in [2.75, 3.05) is 0 Å². The first kappa shape index (κ1) is 29.3. The number of rotatable bonds is 2. The molecule has 0 atom stereocenters. The van der Waals surface area contributed by atoms with Crippen LogP contribution in [-0.2, 0) is 0 Å². The highest BCUT2D eigenvalue weighted by Gasteiger charge is 1.29. The Bertz CT molecular complexity index is 54.0. The van der Waals surface area contributed by atoms with Crippen LogP contribution in [0.25, 0.3) is 0 Å². The fraction of sp³-hybridized carbons (Fsp3) is 0.429. The van der Waals surface area contributed by atoms with Gasteiger partial charge in [0, 0.05) is 0 Å². The third-order valence-electron chi connectivity index (χ3n) is 0.333. The molecule has 0 amide bonds. The van der Waals surface area contributed by atoms with E-state index in [2.05, 4.69) is 26.3 Å². The van der Waals surface area contributed by atoms with Crippen molar-refractivity contribution in [3.05, 3.63) is 50.6 Å². The Morgan fingerprint density at radius 1 is 0.429 bits per heavy atom. The summed E-state index contributed by atoms with van der Waals surface area (Å²) in [7, 11) is 0. The summed E-state index contributed by atoms with van der Waals surface area (Å²) in [5.74, 6) is 0. The van der Waals surface area contributed by atoms with E-state index in [1.54, 1.807) is 24.3 Å². The van der Waals surface area contributed by atoms with Gasteiger partial charge in [-0.3, -0.25) is 0 Å². The van der Waals surface area contributed by atoms with Gasteiger partial charge in [0.15, 0.2) is 0 Å². The van der Waals surface area contributed by atoms with Crippen molar-refractivity contribution in [2.45, 2.75) is 41.5 Å².